The van der Waals surface area contributed by atoms with Gasteiger partial charge in [-0.3, -0.25) is 20.4 Å². The Hall–Kier alpha value is -11.1. The van der Waals surface area contributed by atoms with Crippen LogP contribution in [-0.4, -0.2) is 158 Å². The van der Waals surface area contributed by atoms with E-state index in [-0.39, 0.29) is 34.3 Å². The Morgan fingerprint density at radius 1 is 0.461 bits per heavy atom. The molecule has 3 spiro atoms. The van der Waals surface area contributed by atoms with Crippen LogP contribution in [0.5, 0.6) is 23.5 Å². The number of aromatic amines is 1. The average Bonchev–Trinajstić information content (AvgIpc) is 1.54. The van der Waals surface area contributed by atoms with Crippen molar-refractivity contribution in [1.29, 1.82) is 0 Å². The minimum Gasteiger partial charge on any atom is -0.473 e. The minimum atomic E-state index is -0.519. The lowest BCUT2D eigenvalue weighted by atomic mass is 10.0. The molecule has 9 aromatic rings. The number of H-pyrrole nitrogens is 1. The molecule has 0 radical (unpaired) electrons. The third-order valence-corrected chi connectivity index (χ3v) is 19.6. The number of hydrogen-bond acceptors (Lipinski definition) is 23. The van der Waals surface area contributed by atoms with Gasteiger partial charge in [-0.2, -0.15) is 19.9 Å². The maximum Gasteiger partial charge on any atom is 0.326 e. The number of carbonyl (C=O) groups excluding carboxylic acids is 2. The smallest absolute Gasteiger partial charge is 0.326 e. The lowest BCUT2D eigenvalue weighted by Crippen LogP contribution is -2.38. The van der Waals surface area contributed by atoms with Crippen molar-refractivity contribution in [1.82, 2.24) is 49.8 Å². The lowest BCUT2D eigenvalue weighted by Gasteiger charge is -2.33. The predicted octanol–water partition coefficient (Wildman–Crippen LogP) is 9.84. The predicted molar refractivity (Wildman–Crippen MR) is 382 cm³/mol. The first-order valence-electron chi connectivity index (χ1n) is 35.0. The van der Waals surface area contributed by atoms with E-state index in [0.29, 0.717) is 79.5 Å². The molecule has 0 unspecified atom stereocenters. The number of amides is 4. The molecule has 7 N–H and O–H groups in total. The Balaban J connectivity index is 0.000000122. The molecule has 6 aliphatic heterocycles. The van der Waals surface area contributed by atoms with E-state index in [1.54, 1.807) is 18.2 Å². The van der Waals surface area contributed by atoms with Crippen LogP contribution in [0.25, 0.3) is 34.2 Å². The summed E-state index contributed by atoms with van der Waals surface area (Å²) in [6, 6.07) is 34.1. The van der Waals surface area contributed by atoms with E-state index in [9.17, 15) is 14.4 Å². The Kier molecular flexibility index (Phi) is 18.3. The van der Waals surface area contributed by atoms with E-state index >= 15 is 0 Å². The number of hydrogen-bond donors (Lipinski definition) is 6. The molecule has 18 rings (SSSR count). The van der Waals surface area contributed by atoms with Crippen molar-refractivity contribution in [3.63, 3.8) is 0 Å². The zero-order chi connectivity index (χ0) is 69.0. The highest BCUT2D eigenvalue weighted by atomic mass is 16.5. The molecule has 0 bridgehead atoms. The topological polar surface area (TPSA) is 331 Å². The van der Waals surface area contributed by atoms with Crippen molar-refractivity contribution < 1.29 is 42.7 Å². The fourth-order valence-electron chi connectivity index (χ4n) is 13.3. The molecule has 4 amide bonds. The molecule has 524 valence electrons. The number of nitrogens with two attached hydrogens (primary N) is 1. The molecule has 11 heterocycles. The van der Waals surface area contributed by atoms with Gasteiger partial charge >= 0.3 is 12.1 Å². The number of fused-ring (bicyclic) bond motifs is 3. The zero-order valence-corrected chi connectivity index (χ0v) is 56.3. The normalized spacial score (nSPS) is 18.1. The summed E-state index contributed by atoms with van der Waals surface area (Å²) in [7, 11) is 0. The van der Waals surface area contributed by atoms with Gasteiger partial charge in [-0.05, 0) is 155 Å². The number of nitrogen functional groups attached to an aromatic ring is 1. The number of anilines is 8. The van der Waals surface area contributed by atoms with Gasteiger partial charge in [-0.15, -0.1) is 0 Å². The summed E-state index contributed by atoms with van der Waals surface area (Å²) in [5, 5.41) is 10.7. The maximum atomic E-state index is 12.7. The number of aromatic nitrogens is 10. The summed E-state index contributed by atoms with van der Waals surface area (Å²) >= 11 is 0. The van der Waals surface area contributed by atoms with Crippen LogP contribution in [0.15, 0.2) is 132 Å². The number of nitrogens with zero attached hydrogens (tertiary/aromatic N) is 12. The number of benzene rings is 4. The van der Waals surface area contributed by atoms with Crippen LogP contribution in [0.1, 0.15) is 80.0 Å². The first-order valence-corrected chi connectivity index (χ1v) is 35.0. The Morgan fingerprint density at radius 2 is 0.873 bits per heavy atom. The Morgan fingerprint density at radius 3 is 1.29 bits per heavy atom. The molecule has 0 atom stereocenters. The molecule has 28 nitrogen and oxygen atoms in total. The van der Waals surface area contributed by atoms with Crippen molar-refractivity contribution >= 4 is 58.5 Å². The second-order valence-corrected chi connectivity index (χ2v) is 26.8. The van der Waals surface area contributed by atoms with Gasteiger partial charge in [0.2, 0.25) is 35.4 Å². The van der Waals surface area contributed by atoms with Crippen LogP contribution in [0.4, 0.5) is 56.0 Å². The molecule has 6 fully saturated rings. The maximum absolute atomic E-state index is 12.7. The highest BCUT2D eigenvalue weighted by molar-refractivity contribution is 5.99. The Bertz CT molecular complexity index is 4580. The summed E-state index contributed by atoms with van der Waals surface area (Å²) < 4.78 is 41.4. The van der Waals surface area contributed by atoms with Crippen molar-refractivity contribution in [2.75, 3.05) is 121 Å². The summed E-state index contributed by atoms with van der Waals surface area (Å²) in [6.45, 7) is 9.41. The number of morpholine rings is 3. The van der Waals surface area contributed by atoms with Gasteiger partial charge in [-0.25, -0.2) is 34.5 Å². The lowest BCUT2D eigenvalue weighted by molar-refractivity contribution is 0.121. The molecule has 4 aromatic carbocycles. The minimum absolute atomic E-state index is 0.0417. The number of rotatable bonds is 13. The second-order valence-electron chi connectivity index (χ2n) is 26.8. The van der Waals surface area contributed by atoms with E-state index in [1.165, 1.54) is 18.5 Å². The third kappa shape index (κ3) is 15.3. The van der Waals surface area contributed by atoms with Gasteiger partial charge in [0.15, 0.2) is 17.5 Å². The molecule has 28 heteroatoms. The first-order chi connectivity index (χ1) is 49.9. The SMILES string of the molecule is Nc1ccc(-c2nc3c(c(N4CCOCC4)n2)CCC2(CC2)O3)cc1.O=C(Nc1ccc(-c2nc3c(c(N4CCOCC4)n2)CCC2(CC2)O3)cc1)Nc1nccc(=O)[nH]1.O=C(Nc1ccc(-c2nc3c(c(N4CCOCC4)n2)CCC2(CC2)O3)cc1)Nc1nccc(OCc2ccccc2)n1. The van der Waals surface area contributed by atoms with Gasteiger partial charge in [-0.1, -0.05) is 30.3 Å². The third-order valence-electron chi connectivity index (χ3n) is 19.6. The quantitative estimate of drug-likeness (QED) is 0.0585. The van der Waals surface area contributed by atoms with E-state index < -0.39 is 12.1 Å². The van der Waals surface area contributed by atoms with Crippen molar-refractivity contribution in [2.45, 2.75) is 100 Å². The van der Waals surface area contributed by atoms with Crippen molar-refractivity contribution in [3.8, 4) is 57.7 Å². The van der Waals surface area contributed by atoms with E-state index in [0.717, 1.165) is 197 Å². The molecule has 5 aromatic heterocycles. The highest BCUT2D eigenvalue weighted by Gasteiger charge is 2.51. The van der Waals surface area contributed by atoms with E-state index in [1.807, 2.05) is 91.0 Å². The Labute approximate surface area is 587 Å². The second kappa shape index (κ2) is 28.5. The van der Waals surface area contributed by atoms with Crippen molar-refractivity contribution in [2.24, 2.45) is 0 Å². The standard InChI is InChI=1S/C31H31N7O4.C24H25N7O4.C19H22N4O2/c39-30(37-29-32-15-11-25(34-29)41-20-21-4-2-1-3-5-21)33-23-8-6-22(7-9-23)26-35-27(38-16-18-40-19-17-38)24-10-12-31(13-14-31)42-28(24)36-26;32-18-6-10-25-22(27-18)30-23(33)26-16-3-1-15(2-4-16)19-28-20(31-11-13-34-14-12-31)17-5-7-24(8-9-24)35-21(17)29-19;20-14-3-1-13(2-4-14)16-21-17(23-9-11-24-12-10-23)15-5-6-19(7-8-19)25-18(15)22-16/h1-9,11,15H,10,12-14,16-20H2,(H2,32,33,34,37,39);1-4,6,10H,5,7-9,11-14H2,(H3,25,26,27,30,32,33);1-4H,5-12,20H2. The number of urea groups is 2. The van der Waals surface area contributed by atoms with Crippen LogP contribution in [0, 0.1) is 0 Å². The number of nitrogens with one attached hydrogen (secondary N) is 5. The van der Waals surface area contributed by atoms with Crippen LogP contribution < -0.4 is 66.2 Å². The highest BCUT2D eigenvalue weighted by Crippen LogP contribution is 2.52. The molecule has 3 aliphatic carbocycles. The number of ether oxygens (including phenoxy) is 7. The molecular weight excluding hydrogens is 1300 g/mol. The van der Waals surface area contributed by atoms with Crippen LogP contribution in [0.2, 0.25) is 0 Å². The average molecular weight is 1380 g/mol. The summed E-state index contributed by atoms with van der Waals surface area (Å²) in [4.78, 5) is 87.1. The molecule has 102 heavy (non-hydrogen) atoms. The van der Waals surface area contributed by atoms with Gasteiger partial charge < -0.3 is 64.2 Å². The largest absolute Gasteiger partial charge is 0.473 e. The van der Waals surface area contributed by atoms with Crippen LogP contribution in [-0.2, 0) is 40.1 Å². The van der Waals surface area contributed by atoms with Crippen LogP contribution >= 0.6 is 0 Å². The zero-order valence-electron chi connectivity index (χ0n) is 56.3. The monoisotopic (exact) mass is 1380 g/mol. The molecular formula is C74H78N18O10. The summed E-state index contributed by atoms with van der Waals surface area (Å²) in [6.07, 6.45) is 15.4. The summed E-state index contributed by atoms with van der Waals surface area (Å²) in [5.74, 6) is 7.49. The van der Waals surface area contributed by atoms with Gasteiger partial charge in [0.1, 0.15) is 40.9 Å². The van der Waals surface area contributed by atoms with Gasteiger partial charge in [0, 0.05) is 97.5 Å². The fourth-order valence-corrected chi connectivity index (χ4v) is 13.3. The molecule has 3 saturated heterocycles. The number of carbonyl (C=O) groups is 2. The van der Waals surface area contributed by atoms with Crippen molar-refractivity contribution in [3.05, 3.63) is 160 Å². The molecule has 9 aliphatic rings. The van der Waals surface area contributed by atoms with E-state index in [2.05, 4.69) is 55.9 Å². The fraction of sp³-hybridized carbons (Fsp3) is 0.378. The van der Waals surface area contributed by atoms with E-state index in [4.69, 9.17) is 68.8 Å². The first kappa shape index (κ1) is 65.5. The van der Waals surface area contributed by atoms with Gasteiger partial charge in [0.25, 0.3) is 5.56 Å². The van der Waals surface area contributed by atoms with Gasteiger partial charge in [0.05, 0.1) is 56.3 Å². The molecule has 3 saturated carbocycles. The summed E-state index contributed by atoms with van der Waals surface area (Å²) in [5.41, 5.74) is 14.3. The van der Waals surface area contributed by atoms with Crippen LogP contribution in [0.3, 0.4) is 0 Å².